The van der Waals surface area contributed by atoms with E-state index in [-0.39, 0.29) is 0 Å². The van der Waals surface area contributed by atoms with E-state index in [4.69, 9.17) is 0 Å². The lowest BCUT2D eigenvalue weighted by Gasteiger charge is -1.96. The molecule has 0 unspecified atom stereocenters. The zero-order chi connectivity index (χ0) is 9.80. The van der Waals surface area contributed by atoms with E-state index in [1.807, 2.05) is 29.1 Å². The normalized spacial score (nSPS) is 10.4. The first-order valence-corrected chi connectivity index (χ1v) is 4.77. The van der Waals surface area contributed by atoms with Gasteiger partial charge in [-0.15, -0.1) is 0 Å². The van der Waals surface area contributed by atoms with Crippen LogP contribution in [0.15, 0.2) is 42.7 Å². The highest BCUT2D eigenvalue weighted by atomic mass is 15.3. The van der Waals surface area contributed by atoms with Crippen LogP contribution in [-0.2, 0) is 6.54 Å². The van der Waals surface area contributed by atoms with Gasteiger partial charge in [-0.25, -0.2) is 0 Å². The number of aryl methyl sites for hydroxylation is 1. The molecule has 1 heterocycles. The van der Waals surface area contributed by atoms with Gasteiger partial charge in [-0.2, -0.15) is 5.10 Å². The predicted octanol–water partition coefficient (Wildman–Crippen LogP) is 2.77. The quantitative estimate of drug-likeness (QED) is 0.719. The van der Waals surface area contributed by atoms with Crippen LogP contribution in [0.3, 0.4) is 0 Å². The van der Waals surface area contributed by atoms with Gasteiger partial charge in [-0.1, -0.05) is 37.3 Å². The molecular weight excluding hydrogens is 172 g/mol. The molecule has 0 bridgehead atoms. The molecule has 0 saturated carbocycles. The van der Waals surface area contributed by atoms with Crippen LogP contribution < -0.4 is 0 Å². The Morgan fingerprint density at radius 1 is 1.14 bits per heavy atom. The lowest BCUT2D eigenvalue weighted by molar-refractivity contribution is 0.622. The van der Waals surface area contributed by atoms with Crippen LogP contribution in [0.5, 0.6) is 0 Å². The van der Waals surface area contributed by atoms with Gasteiger partial charge in [0, 0.05) is 18.3 Å². The van der Waals surface area contributed by atoms with Crippen LogP contribution in [0.2, 0.25) is 0 Å². The number of hydrogen-bond donors (Lipinski definition) is 0. The Labute approximate surface area is 84.2 Å². The summed E-state index contributed by atoms with van der Waals surface area (Å²) in [5, 5.41) is 4.26. The Morgan fingerprint density at radius 3 is 2.64 bits per heavy atom. The van der Waals surface area contributed by atoms with Crippen molar-refractivity contribution >= 4 is 0 Å². The van der Waals surface area contributed by atoms with Crippen molar-refractivity contribution in [2.45, 2.75) is 13.0 Å². The molecule has 0 aliphatic rings. The van der Waals surface area contributed by atoms with Crippen LogP contribution in [0, 0.1) is 6.92 Å². The monoisotopic (exact) mass is 185 g/mol. The molecule has 1 radical (unpaired) electrons. The standard InChI is InChI=1S/C12H13N2/c1-2-8-14-10-12(9-13-14)11-6-4-3-5-7-11/h3-7,9-10H,1-2,8H2. The van der Waals surface area contributed by atoms with E-state index in [9.17, 15) is 0 Å². The van der Waals surface area contributed by atoms with Gasteiger partial charge in [-0.05, 0) is 12.0 Å². The van der Waals surface area contributed by atoms with Gasteiger partial charge in [0.25, 0.3) is 0 Å². The van der Waals surface area contributed by atoms with Crippen molar-refractivity contribution < 1.29 is 0 Å². The van der Waals surface area contributed by atoms with E-state index in [0.29, 0.717) is 0 Å². The second-order valence-electron chi connectivity index (χ2n) is 3.21. The molecule has 14 heavy (non-hydrogen) atoms. The van der Waals surface area contributed by atoms with Gasteiger partial charge in [0.05, 0.1) is 6.20 Å². The van der Waals surface area contributed by atoms with E-state index in [2.05, 4.69) is 30.4 Å². The molecule has 0 saturated heterocycles. The molecule has 0 amide bonds. The van der Waals surface area contributed by atoms with E-state index in [0.717, 1.165) is 13.0 Å². The van der Waals surface area contributed by atoms with Crippen LogP contribution in [0.1, 0.15) is 6.42 Å². The summed E-state index contributed by atoms with van der Waals surface area (Å²) in [6.07, 6.45) is 4.82. The molecule has 2 heteroatoms. The third kappa shape index (κ3) is 1.84. The van der Waals surface area contributed by atoms with Crippen LogP contribution >= 0.6 is 0 Å². The maximum atomic E-state index is 4.26. The molecule has 0 spiro atoms. The number of benzene rings is 1. The highest BCUT2D eigenvalue weighted by molar-refractivity contribution is 5.61. The maximum absolute atomic E-state index is 4.26. The topological polar surface area (TPSA) is 17.8 Å². The van der Waals surface area contributed by atoms with E-state index >= 15 is 0 Å². The van der Waals surface area contributed by atoms with Crippen LogP contribution in [0.4, 0.5) is 0 Å². The molecule has 1 aromatic heterocycles. The van der Waals surface area contributed by atoms with Crippen molar-refractivity contribution in [3.8, 4) is 11.1 Å². The minimum atomic E-state index is 0.871. The summed E-state index contributed by atoms with van der Waals surface area (Å²) in [7, 11) is 0. The Bertz CT molecular complexity index is 390. The first-order chi connectivity index (χ1) is 6.90. The SMILES string of the molecule is [CH2]CCn1cc(-c2ccccc2)cn1. The lowest BCUT2D eigenvalue weighted by Crippen LogP contribution is -1.95. The number of hydrogen-bond acceptors (Lipinski definition) is 1. The fourth-order valence-corrected chi connectivity index (χ4v) is 1.43. The van der Waals surface area contributed by atoms with Gasteiger partial charge in [0.15, 0.2) is 0 Å². The highest BCUT2D eigenvalue weighted by Gasteiger charge is 1.99. The Balaban J connectivity index is 2.25. The molecule has 2 aromatic rings. The van der Waals surface area contributed by atoms with Crippen molar-refractivity contribution in [1.82, 2.24) is 9.78 Å². The van der Waals surface area contributed by atoms with Gasteiger partial charge >= 0.3 is 0 Å². The van der Waals surface area contributed by atoms with Gasteiger partial charge in [0.1, 0.15) is 0 Å². The van der Waals surface area contributed by atoms with E-state index in [1.165, 1.54) is 11.1 Å². The second-order valence-corrected chi connectivity index (χ2v) is 3.21. The first kappa shape index (κ1) is 9.00. The summed E-state index contributed by atoms with van der Waals surface area (Å²) in [6.45, 7) is 4.68. The summed E-state index contributed by atoms with van der Waals surface area (Å²) >= 11 is 0. The van der Waals surface area contributed by atoms with Crippen molar-refractivity contribution in [2.24, 2.45) is 0 Å². The number of nitrogens with zero attached hydrogens (tertiary/aromatic N) is 2. The molecule has 0 fully saturated rings. The molecule has 2 rings (SSSR count). The number of rotatable bonds is 3. The zero-order valence-electron chi connectivity index (χ0n) is 8.06. The fourth-order valence-electron chi connectivity index (χ4n) is 1.43. The minimum absolute atomic E-state index is 0.871. The smallest absolute Gasteiger partial charge is 0.0568 e. The van der Waals surface area contributed by atoms with Gasteiger partial charge in [-0.3, -0.25) is 4.68 Å². The first-order valence-electron chi connectivity index (χ1n) is 4.77. The lowest BCUT2D eigenvalue weighted by atomic mass is 10.1. The molecular formula is C12H13N2. The third-order valence-electron chi connectivity index (χ3n) is 2.13. The van der Waals surface area contributed by atoms with Crippen molar-refractivity contribution in [3.05, 3.63) is 49.6 Å². The Kier molecular flexibility index (Phi) is 2.63. The van der Waals surface area contributed by atoms with Crippen LogP contribution in [-0.4, -0.2) is 9.78 Å². The maximum Gasteiger partial charge on any atom is 0.0568 e. The van der Waals surface area contributed by atoms with Crippen molar-refractivity contribution in [1.29, 1.82) is 0 Å². The average Bonchev–Trinajstić information content (AvgIpc) is 2.68. The Morgan fingerprint density at radius 2 is 1.93 bits per heavy atom. The minimum Gasteiger partial charge on any atom is -0.272 e. The summed E-state index contributed by atoms with van der Waals surface area (Å²) in [5.41, 5.74) is 2.38. The van der Waals surface area contributed by atoms with Crippen molar-refractivity contribution in [3.63, 3.8) is 0 Å². The number of aromatic nitrogens is 2. The second kappa shape index (κ2) is 4.09. The summed E-state index contributed by atoms with van der Waals surface area (Å²) in [4.78, 5) is 0. The van der Waals surface area contributed by atoms with Crippen molar-refractivity contribution in [2.75, 3.05) is 0 Å². The largest absolute Gasteiger partial charge is 0.272 e. The van der Waals surface area contributed by atoms with Gasteiger partial charge in [0.2, 0.25) is 0 Å². The average molecular weight is 185 g/mol. The molecule has 0 N–H and O–H groups in total. The summed E-state index contributed by atoms with van der Waals surface area (Å²) in [6, 6.07) is 10.3. The highest BCUT2D eigenvalue weighted by Crippen LogP contribution is 2.17. The molecule has 0 aliphatic heterocycles. The van der Waals surface area contributed by atoms with E-state index in [1.54, 1.807) is 0 Å². The third-order valence-corrected chi connectivity index (χ3v) is 2.13. The fraction of sp³-hybridized carbons (Fsp3) is 0.167. The molecule has 2 nitrogen and oxygen atoms in total. The molecule has 71 valence electrons. The zero-order valence-corrected chi connectivity index (χ0v) is 8.06. The molecule has 0 aliphatic carbocycles. The summed E-state index contributed by atoms with van der Waals surface area (Å²) < 4.78 is 1.93. The summed E-state index contributed by atoms with van der Waals surface area (Å²) in [5.74, 6) is 0. The predicted molar refractivity (Wildman–Crippen MR) is 57.6 cm³/mol. The van der Waals surface area contributed by atoms with E-state index < -0.39 is 0 Å². The van der Waals surface area contributed by atoms with Gasteiger partial charge < -0.3 is 0 Å². The van der Waals surface area contributed by atoms with Crippen LogP contribution in [0.25, 0.3) is 11.1 Å². The molecule has 1 aromatic carbocycles. The Hall–Kier alpha value is -1.57. The molecule has 0 atom stereocenters.